The van der Waals surface area contributed by atoms with Gasteiger partial charge in [0.2, 0.25) is 0 Å². The summed E-state index contributed by atoms with van der Waals surface area (Å²) in [6, 6.07) is 27.4. The molecule has 4 rings (SSSR count). The highest BCUT2D eigenvalue weighted by Crippen LogP contribution is 2.19. The molecule has 32 heavy (non-hydrogen) atoms. The Bertz CT molecular complexity index is 983. The molecule has 5 nitrogen and oxygen atoms in total. The number of hydrogen-bond acceptors (Lipinski definition) is 3. The van der Waals surface area contributed by atoms with Crippen LogP contribution in [0.15, 0.2) is 90.0 Å². The minimum absolute atomic E-state index is 0.368. The van der Waals surface area contributed by atoms with E-state index in [9.17, 15) is 4.79 Å². The number of nitrogens with zero attached hydrogens (tertiary/aromatic N) is 2. The van der Waals surface area contributed by atoms with Crippen molar-refractivity contribution in [1.82, 2.24) is 10.3 Å². The monoisotopic (exact) mass is 426 g/mol. The summed E-state index contributed by atoms with van der Waals surface area (Å²) in [4.78, 5) is 15.0. The van der Waals surface area contributed by atoms with Gasteiger partial charge in [-0.15, -0.1) is 0 Å². The van der Waals surface area contributed by atoms with Gasteiger partial charge in [0.1, 0.15) is 0 Å². The van der Waals surface area contributed by atoms with Gasteiger partial charge in [0.05, 0.1) is 5.71 Å². The highest BCUT2D eigenvalue weighted by Gasteiger charge is 2.15. The molecular weight excluding hydrogens is 396 g/mol. The van der Waals surface area contributed by atoms with E-state index in [1.807, 2.05) is 72.8 Å². The van der Waals surface area contributed by atoms with E-state index in [1.165, 1.54) is 18.4 Å². The molecule has 0 spiro atoms. The summed E-state index contributed by atoms with van der Waals surface area (Å²) in [5.74, 6) is 0.836. The number of nitrogens with one attached hydrogen (secondary N) is 2. The average Bonchev–Trinajstić information content (AvgIpc) is 2.83. The third-order valence-electron chi connectivity index (χ3n) is 5.86. The summed E-state index contributed by atoms with van der Waals surface area (Å²) in [5, 5.41) is 7.28. The lowest BCUT2D eigenvalue weighted by Gasteiger charge is -2.30. The Balaban J connectivity index is 1.37. The minimum atomic E-state index is -0.368. The quantitative estimate of drug-likeness (QED) is 0.404. The molecule has 0 unspecified atom stereocenters. The van der Waals surface area contributed by atoms with Crippen molar-refractivity contribution in [3.8, 4) is 0 Å². The number of piperidine rings is 1. The zero-order valence-electron chi connectivity index (χ0n) is 18.5. The Hall–Kier alpha value is -3.44. The maximum Gasteiger partial charge on any atom is 0.339 e. The molecule has 3 aromatic rings. The maximum absolute atomic E-state index is 12.5. The van der Waals surface area contributed by atoms with Crippen LogP contribution >= 0.6 is 0 Å². The fourth-order valence-corrected chi connectivity index (χ4v) is 3.93. The molecule has 0 aromatic heterocycles. The predicted molar refractivity (Wildman–Crippen MR) is 131 cm³/mol. The van der Waals surface area contributed by atoms with Gasteiger partial charge in [-0.3, -0.25) is 4.90 Å². The zero-order valence-corrected chi connectivity index (χ0v) is 18.5. The van der Waals surface area contributed by atoms with Gasteiger partial charge in [0, 0.05) is 23.4 Å². The summed E-state index contributed by atoms with van der Waals surface area (Å²) >= 11 is 0. The van der Waals surface area contributed by atoms with Crippen molar-refractivity contribution in [2.24, 2.45) is 11.0 Å². The van der Waals surface area contributed by atoms with Crippen LogP contribution in [0.1, 0.15) is 36.5 Å². The predicted octanol–water partition coefficient (Wildman–Crippen LogP) is 5.49. The van der Waals surface area contributed by atoms with Gasteiger partial charge < -0.3 is 5.32 Å². The molecule has 0 atom stereocenters. The second-order valence-electron chi connectivity index (χ2n) is 8.41. The SMILES string of the molecule is CC1CCN(Cc2ccc(NC(=O)NN=C(c3ccccc3)c3ccccc3)cc2)CC1. The lowest BCUT2D eigenvalue weighted by Crippen LogP contribution is -2.32. The van der Waals surface area contributed by atoms with Gasteiger partial charge in [0.25, 0.3) is 0 Å². The second-order valence-corrected chi connectivity index (χ2v) is 8.41. The fraction of sp³-hybridized carbons (Fsp3) is 0.259. The number of amides is 2. The molecule has 1 heterocycles. The van der Waals surface area contributed by atoms with E-state index >= 15 is 0 Å². The fourth-order valence-electron chi connectivity index (χ4n) is 3.93. The number of carbonyl (C=O) groups is 1. The van der Waals surface area contributed by atoms with E-state index in [0.717, 1.165) is 42.4 Å². The Morgan fingerprint density at radius 1 is 0.875 bits per heavy atom. The van der Waals surface area contributed by atoms with Crippen LogP contribution in [0.25, 0.3) is 0 Å². The van der Waals surface area contributed by atoms with Crippen LogP contribution in [-0.2, 0) is 6.54 Å². The van der Waals surface area contributed by atoms with Gasteiger partial charge in [-0.1, -0.05) is 79.7 Å². The van der Waals surface area contributed by atoms with Crippen LogP contribution in [-0.4, -0.2) is 29.7 Å². The standard InChI is InChI=1S/C27H30N4O/c1-21-16-18-31(19-17-21)20-22-12-14-25(15-13-22)28-27(32)30-29-26(23-8-4-2-5-9-23)24-10-6-3-7-11-24/h2-15,21H,16-20H2,1H3,(H2,28,30,32). The Morgan fingerprint density at radius 3 is 2.00 bits per heavy atom. The first-order valence-corrected chi connectivity index (χ1v) is 11.2. The number of benzene rings is 3. The molecule has 0 aliphatic carbocycles. The van der Waals surface area contributed by atoms with Crippen molar-refractivity contribution >= 4 is 17.4 Å². The van der Waals surface area contributed by atoms with E-state index in [4.69, 9.17) is 0 Å². The topological polar surface area (TPSA) is 56.7 Å². The number of carbonyl (C=O) groups excluding carboxylic acids is 1. The number of urea groups is 1. The molecule has 1 fully saturated rings. The summed E-state index contributed by atoms with van der Waals surface area (Å²) in [6.45, 7) is 5.61. The molecule has 1 saturated heterocycles. The smallest absolute Gasteiger partial charge is 0.307 e. The summed E-state index contributed by atoms with van der Waals surface area (Å²) in [6.07, 6.45) is 2.54. The molecule has 5 heteroatoms. The van der Waals surface area contributed by atoms with E-state index < -0.39 is 0 Å². The highest BCUT2D eigenvalue weighted by molar-refractivity contribution is 6.13. The van der Waals surface area contributed by atoms with Gasteiger partial charge in [0.15, 0.2) is 0 Å². The molecule has 164 valence electrons. The molecule has 2 N–H and O–H groups in total. The van der Waals surface area contributed by atoms with Crippen molar-refractivity contribution < 1.29 is 4.79 Å². The van der Waals surface area contributed by atoms with Gasteiger partial charge in [-0.2, -0.15) is 5.10 Å². The van der Waals surface area contributed by atoms with Crippen LogP contribution in [0.3, 0.4) is 0 Å². The van der Waals surface area contributed by atoms with Gasteiger partial charge in [-0.05, 0) is 49.5 Å². The van der Waals surface area contributed by atoms with Crippen molar-refractivity contribution in [2.45, 2.75) is 26.3 Å². The number of rotatable bonds is 6. The molecule has 3 aromatic carbocycles. The van der Waals surface area contributed by atoms with Crippen molar-refractivity contribution in [1.29, 1.82) is 0 Å². The van der Waals surface area contributed by atoms with Crippen LogP contribution in [0.2, 0.25) is 0 Å². The van der Waals surface area contributed by atoms with Crippen LogP contribution in [0, 0.1) is 5.92 Å². The molecule has 1 aliphatic heterocycles. The Morgan fingerprint density at radius 2 is 1.44 bits per heavy atom. The van der Waals surface area contributed by atoms with E-state index in [-0.39, 0.29) is 6.03 Å². The summed E-state index contributed by atoms with van der Waals surface area (Å²) in [5.41, 5.74) is 7.25. The molecule has 1 aliphatic rings. The first-order valence-electron chi connectivity index (χ1n) is 11.2. The normalized spacial score (nSPS) is 14.5. The third-order valence-corrected chi connectivity index (χ3v) is 5.86. The number of hydrogen-bond donors (Lipinski definition) is 2. The second kappa shape index (κ2) is 10.7. The maximum atomic E-state index is 12.5. The third kappa shape index (κ3) is 6.05. The van der Waals surface area contributed by atoms with E-state index in [0.29, 0.717) is 5.71 Å². The van der Waals surface area contributed by atoms with Crippen LogP contribution < -0.4 is 10.7 Å². The first-order chi connectivity index (χ1) is 15.7. The van der Waals surface area contributed by atoms with Crippen LogP contribution in [0.5, 0.6) is 0 Å². The number of anilines is 1. The average molecular weight is 427 g/mol. The van der Waals surface area contributed by atoms with Crippen molar-refractivity contribution in [3.05, 3.63) is 102 Å². The van der Waals surface area contributed by atoms with Crippen molar-refractivity contribution in [3.63, 3.8) is 0 Å². The number of likely N-dealkylation sites (tertiary alicyclic amines) is 1. The van der Waals surface area contributed by atoms with Crippen LogP contribution in [0.4, 0.5) is 10.5 Å². The lowest BCUT2D eigenvalue weighted by molar-refractivity contribution is 0.185. The summed E-state index contributed by atoms with van der Waals surface area (Å²) < 4.78 is 0. The zero-order chi connectivity index (χ0) is 22.2. The molecule has 0 radical (unpaired) electrons. The highest BCUT2D eigenvalue weighted by atomic mass is 16.2. The molecule has 0 bridgehead atoms. The number of hydrazone groups is 1. The minimum Gasteiger partial charge on any atom is -0.307 e. The summed E-state index contributed by atoms with van der Waals surface area (Å²) in [7, 11) is 0. The lowest BCUT2D eigenvalue weighted by atomic mass is 9.99. The van der Waals surface area contributed by atoms with E-state index in [1.54, 1.807) is 0 Å². The first kappa shape index (κ1) is 21.8. The van der Waals surface area contributed by atoms with Crippen molar-refractivity contribution in [2.75, 3.05) is 18.4 Å². The van der Waals surface area contributed by atoms with Gasteiger partial charge >= 0.3 is 6.03 Å². The molecule has 0 saturated carbocycles. The Labute approximate surface area is 190 Å². The molecular formula is C27H30N4O. The Kier molecular flexibility index (Phi) is 7.31. The van der Waals surface area contributed by atoms with Gasteiger partial charge in [-0.25, -0.2) is 10.2 Å². The largest absolute Gasteiger partial charge is 0.339 e. The van der Waals surface area contributed by atoms with E-state index in [2.05, 4.69) is 39.8 Å². The molecule has 2 amide bonds.